The highest BCUT2D eigenvalue weighted by atomic mass is 32.1. The third-order valence-corrected chi connectivity index (χ3v) is 5.72. The number of nitrogens with one attached hydrogen (secondary N) is 2. The van der Waals surface area contributed by atoms with E-state index in [0.29, 0.717) is 41.5 Å². The molecule has 2 rings (SSSR count). The van der Waals surface area contributed by atoms with Crippen molar-refractivity contribution in [2.45, 2.75) is 51.2 Å². The highest BCUT2D eigenvalue weighted by Crippen LogP contribution is 2.21. The van der Waals surface area contributed by atoms with Crippen molar-refractivity contribution in [3.63, 3.8) is 0 Å². The minimum Gasteiger partial charge on any atom is -0.481 e. The number of carbonyl (C=O) groups excluding carboxylic acids is 3. The zero-order chi connectivity index (χ0) is 27.7. The number of carbonyl (C=O) groups is 5. The Morgan fingerprint density at radius 3 is 2.32 bits per heavy atom. The minimum atomic E-state index is -1.77. The van der Waals surface area contributed by atoms with E-state index >= 15 is 0 Å². The van der Waals surface area contributed by atoms with Gasteiger partial charge in [-0.15, -0.1) is 0 Å². The predicted molar refractivity (Wildman–Crippen MR) is 136 cm³/mol. The van der Waals surface area contributed by atoms with Crippen LogP contribution in [-0.4, -0.2) is 73.6 Å². The molecule has 0 aromatic heterocycles. The van der Waals surface area contributed by atoms with Gasteiger partial charge in [-0.2, -0.15) is 5.01 Å². The molecule has 0 aliphatic carbocycles. The number of benzene rings is 1. The van der Waals surface area contributed by atoms with Crippen molar-refractivity contribution in [2.75, 3.05) is 6.54 Å². The Balaban J connectivity index is 2.37. The summed E-state index contributed by atoms with van der Waals surface area (Å²) in [5.74, 6) is -5.52. The van der Waals surface area contributed by atoms with Crippen LogP contribution in [0.25, 0.3) is 6.08 Å². The Morgan fingerprint density at radius 2 is 1.81 bits per heavy atom. The molecule has 13 nitrogen and oxygen atoms in total. The number of rotatable bonds is 13. The van der Waals surface area contributed by atoms with Crippen molar-refractivity contribution >= 4 is 53.1 Å². The van der Waals surface area contributed by atoms with E-state index in [1.165, 1.54) is 6.08 Å². The van der Waals surface area contributed by atoms with Crippen molar-refractivity contribution in [3.05, 3.63) is 41.1 Å². The average molecular weight is 535 g/mol. The molecule has 37 heavy (non-hydrogen) atoms. The molecule has 0 spiro atoms. The molecule has 1 aliphatic rings. The number of carboxylic acids is 2. The van der Waals surface area contributed by atoms with Crippen LogP contribution in [0, 0.1) is 0 Å². The summed E-state index contributed by atoms with van der Waals surface area (Å²) in [7, 11) is 0. The lowest BCUT2D eigenvalue weighted by molar-refractivity contribution is -0.162. The van der Waals surface area contributed by atoms with Gasteiger partial charge in [0, 0.05) is 13.5 Å². The predicted octanol–water partition coefficient (Wildman–Crippen LogP) is -0.492. The van der Waals surface area contributed by atoms with E-state index in [1.807, 2.05) is 0 Å². The second kappa shape index (κ2) is 13.4. The highest BCUT2D eigenvalue weighted by molar-refractivity contribution is 7.80. The van der Waals surface area contributed by atoms with Crippen LogP contribution >= 0.6 is 12.2 Å². The van der Waals surface area contributed by atoms with Crippen molar-refractivity contribution < 1.29 is 34.2 Å². The number of amides is 3. The summed E-state index contributed by atoms with van der Waals surface area (Å²) >= 11 is 5.22. The van der Waals surface area contributed by atoms with Gasteiger partial charge in [0.2, 0.25) is 16.9 Å². The van der Waals surface area contributed by atoms with E-state index < -0.39 is 48.2 Å². The van der Waals surface area contributed by atoms with Gasteiger partial charge < -0.3 is 32.3 Å². The zero-order valence-corrected chi connectivity index (χ0v) is 21.0. The van der Waals surface area contributed by atoms with E-state index in [1.54, 1.807) is 24.3 Å². The summed E-state index contributed by atoms with van der Waals surface area (Å²) in [6, 6.07) is 3.85. The largest absolute Gasteiger partial charge is 0.481 e. The van der Waals surface area contributed by atoms with E-state index in [0.717, 1.165) is 12.5 Å². The van der Waals surface area contributed by atoms with Crippen LogP contribution < -0.4 is 22.1 Å². The van der Waals surface area contributed by atoms with E-state index in [-0.39, 0.29) is 17.2 Å². The summed E-state index contributed by atoms with van der Waals surface area (Å²) < 4.78 is 0. The van der Waals surface area contributed by atoms with Crippen molar-refractivity contribution in [2.24, 2.45) is 11.5 Å². The smallest absolute Gasteiger partial charge is 0.326 e. The summed E-state index contributed by atoms with van der Waals surface area (Å²) in [5.41, 5.74) is 12.5. The van der Waals surface area contributed by atoms with Gasteiger partial charge in [0.25, 0.3) is 5.91 Å². The third kappa shape index (κ3) is 7.80. The molecule has 8 N–H and O–H groups in total. The molecule has 3 amide bonds. The third-order valence-electron chi connectivity index (χ3n) is 5.45. The molecule has 1 aromatic rings. The zero-order valence-electron chi connectivity index (χ0n) is 20.2. The van der Waals surface area contributed by atoms with Gasteiger partial charge in [-0.05, 0) is 55.2 Å². The molecule has 0 radical (unpaired) electrons. The van der Waals surface area contributed by atoms with Crippen LogP contribution in [-0.2, 0) is 30.5 Å². The van der Waals surface area contributed by atoms with Gasteiger partial charge in [0.1, 0.15) is 17.8 Å². The van der Waals surface area contributed by atoms with Gasteiger partial charge in [-0.3, -0.25) is 19.2 Å². The second-order valence-electron chi connectivity index (χ2n) is 8.21. The van der Waals surface area contributed by atoms with Crippen LogP contribution in [0.4, 0.5) is 0 Å². The fourth-order valence-corrected chi connectivity index (χ4v) is 3.89. The molecule has 1 aromatic carbocycles. The number of hydrazine groups is 1. The monoisotopic (exact) mass is 534 g/mol. The maximum absolute atomic E-state index is 13.2. The molecule has 0 unspecified atom stereocenters. The van der Waals surface area contributed by atoms with Crippen molar-refractivity contribution in [3.8, 4) is 0 Å². The molecule has 2 atom stereocenters. The number of unbranched alkanes of at least 4 members (excludes halogenated alkanes) is 1. The number of hydrogen-bond acceptors (Lipinski definition) is 8. The van der Waals surface area contributed by atoms with Crippen LogP contribution in [0.2, 0.25) is 0 Å². The Morgan fingerprint density at radius 1 is 1.16 bits per heavy atom. The van der Waals surface area contributed by atoms with Gasteiger partial charge in [-0.25, -0.2) is 9.80 Å². The standard InChI is InChI=1S/C23H30N6O7S/c1-13(30)28(18(11-19(31)32)20(33)26-16(22(35)36)4-2-3-9-24)29-21(34)17(27-23(29)37)10-14-5-7-15(12-25)8-6-14/h5-8,10,16,18H,2-4,9,11-12,24-25H2,1H3,(H,26,33)(H,27,37)(H,31,32)(H,35,36)/t16-,18-/m0/s1. The Kier molecular flexibility index (Phi) is 10.7. The number of nitrogens with two attached hydrogens (primary N) is 2. The minimum absolute atomic E-state index is 0.0172. The summed E-state index contributed by atoms with van der Waals surface area (Å²) in [4.78, 5) is 62.2. The second-order valence-corrected chi connectivity index (χ2v) is 8.60. The van der Waals surface area contributed by atoms with Crippen molar-refractivity contribution in [1.82, 2.24) is 20.7 Å². The molecular formula is C23H30N6O7S. The average Bonchev–Trinajstić information content (AvgIpc) is 3.10. The Bertz CT molecular complexity index is 1090. The summed E-state index contributed by atoms with van der Waals surface area (Å²) in [6.45, 7) is 1.69. The first-order valence-corrected chi connectivity index (χ1v) is 11.8. The van der Waals surface area contributed by atoms with Crippen LogP contribution in [0.1, 0.15) is 43.7 Å². The Labute approximate surface area is 218 Å². The quantitative estimate of drug-likeness (QED) is 0.108. The number of hydrogen-bond donors (Lipinski definition) is 6. The first kappa shape index (κ1) is 29.4. The molecule has 1 heterocycles. The van der Waals surface area contributed by atoms with Gasteiger partial charge in [-0.1, -0.05) is 24.3 Å². The number of carboxylic acid groups (broad SMARTS) is 2. The molecule has 1 saturated heterocycles. The fourth-order valence-electron chi connectivity index (χ4n) is 3.61. The lowest BCUT2D eigenvalue weighted by Crippen LogP contribution is -2.60. The molecule has 1 fully saturated rings. The van der Waals surface area contributed by atoms with Crippen molar-refractivity contribution in [1.29, 1.82) is 0 Å². The molecular weight excluding hydrogens is 504 g/mol. The summed E-state index contributed by atoms with van der Waals surface area (Å²) in [6.07, 6.45) is 1.51. The maximum atomic E-state index is 13.2. The van der Waals surface area contributed by atoms with Gasteiger partial charge in [0.15, 0.2) is 0 Å². The molecule has 14 heteroatoms. The van der Waals surface area contributed by atoms with Crippen LogP contribution in [0.15, 0.2) is 30.0 Å². The first-order valence-electron chi connectivity index (χ1n) is 11.4. The van der Waals surface area contributed by atoms with E-state index in [4.69, 9.17) is 23.7 Å². The topological polar surface area (TPSA) is 208 Å². The number of thiocarbonyl (C=S) groups is 1. The van der Waals surface area contributed by atoms with Gasteiger partial charge >= 0.3 is 11.9 Å². The molecule has 1 aliphatic heterocycles. The number of aliphatic carboxylic acids is 2. The van der Waals surface area contributed by atoms with Gasteiger partial charge in [0.05, 0.1) is 6.42 Å². The normalized spacial score (nSPS) is 15.8. The fraction of sp³-hybridized carbons (Fsp3) is 0.391. The van der Waals surface area contributed by atoms with E-state index in [2.05, 4.69) is 10.6 Å². The SMILES string of the molecule is CC(=O)N([C@@H](CC(=O)O)C(=O)N[C@@H](CCCCN)C(=O)O)N1C(=O)C(=Cc2ccc(CN)cc2)NC1=S. The lowest BCUT2D eigenvalue weighted by atomic mass is 10.1. The van der Waals surface area contributed by atoms with E-state index in [9.17, 15) is 34.2 Å². The first-order chi connectivity index (χ1) is 17.5. The Hall–Kier alpha value is -3.88. The molecule has 200 valence electrons. The molecule has 0 saturated carbocycles. The molecule has 0 bridgehead atoms. The highest BCUT2D eigenvalue weighted by Gasteiger charge is 2.43. The summed E-state index contributed by atoms with van der Waals surface area (Å²) in [5, 5.41) is 24.9. The number of nitrogens with zero attached hydrogens (tertiary/aromatic N) is 2. The van der Waals surface area contributed by atoms with Crippen LogP contribution in [0.5, 0.6) is 0 Å². The van der Waals surface area contributed by atoms with Crippen LogP contribution in [0.3, 0.4) is 0 Å². The lowest BCUT2D eigenvalue weighted by Gasteiger charge is -2.35. The maximum Gasteiger partial charge on any atom is 0.326 e.